The molecule has 0 saturated heterocycles. The van der Waals surface area contributed by atoms with Crippen molar-refractivity contribution in [3.8, 4) is 17.0 Å². The SMILES string of the molecule is CCCCCOc1ccc(-c2ccc([C@H]3CCC(c4c(F)cccc4F)=N3)cc2)cn1. The van der Waals surface area contributed by atoms with Gasteiger partial charge < -0.3 is 4.74 Å². The van der Waals surface area contributed by atoms with Crippen molar-refractivity contribution in [3.05, 3.63) is 83.6 Å². The van der Waals surface area contributed by atoms with Crippen LogP contribution in [0.5, 0.6) is 5.88 Å². The highest BCUT2D eigenvalue weighted by molar-refractivity contribution is 6.02. The number of aliphatic imine (C=N–C) groups is 1. The Hall–Kier alpha value is -3.08. The molecule has 5 heteroatoms. The number of rotatable bonds is 8. The zero-order valence-electron chi connectivity index (χ0n) is 17.7. The third kappa shape index (κ3) is 4.98. The van der Waals surface area contributed by atoms with Crippen LogP contribution in [-0.2, 0) is 0 Å². The Labute approximate surface area is 181 Å². The molecular weight excluding hydrogens is 394 g/mol. The van der Waals surface area contributed by atoms with Gasteiger partial charge >= 0.3 is 0 Å². The van der Waals surface area contributed by atoms with Crippen LogP contribution in [0.15, 0.2) is 65.8 Å². The summed E-state index contributed by atoms with van der Waals surface area (Å²) in [5.41, 5.74) is 3.61. The lowest BCUT2D eigenvalue weighted by molar-refractivity contribution is 0.295. The fourth-order valence-corrected chi connectivity index (χ4v) is 3.86. The first-order valence-corrected chi connectivity index (χ1v) is 10.9. The molecule has 2 heterocycles. The molecule has 0 unspecified atom stereocenters. The molecule has 0 bridgehead atoms. The minimum atomic E-state index is -0.556. The Morgan fingerprint density at radius 1 is 0.935 bits per heavy atom. The molecule has 1 aliphatic rings. The monoisotopic (exact) mass is 420 g/mol. The van der Waals surface area contributed by atoms with Crippen molar-refractivity contribution in [1.29, 1.82) is 0 Å². The summed E-state index contributed by atoms with van der Waals surface area (Å²) in [5, 5.41) is 0. The highest BCUT2D eigenvalue weighted by Crippen LogP contribution is 2.33. The molecule has 3 aromatic rings. The molecule has 0 amide bonds. The zero-order valence-corrected chi connectivity index (χ0v) is 17.7. The predicted molar refractivity (Wildman–Crippen MR) is 120 cm³/mol. The second-order valence-electron chi connectivity index (χ2n) is 7.79. The molecule has 4 rings (SSSR count). The quantitative estimate of drug-likeness (QED) is 0.371. The Morgan fingerprint density at radius 3 is 2.35 bits per heavy atom. The largest absolute Gasteiger partial charge is 0.478 e. The van der Waals surface area contributed by atoms with Crippen LogP contribution in [0.1, 0.15) is 56.2 Å². The third-order valence-electron chi connectivity index (χ3n) is 5.58. The van der Waals surface area contributed by atoms with Gasteiger partial charge in [-0.2, -0.15) is 0 Å². The Kier molecular flexibility index (Phi) is 6.70. The molecule has 1 atom stereocenters. The van der Waals surface area contributed by atoms with E-state index in [0.717, 1.165) is 36.0 Å². The van der Waals surface area contributed by atoms with Gasteiger partial charge in [0.25, 0.3) is 0 Å². The second kappa shape index (κ2) is 9.82. The smallest absolute Gasteiger partial charge is 0.213 e. The van der Waals surface area contributed by atoms with Crippen LogP contribution < -0.4 is 4.74 Å². The number of benzene rings is 2. The van der Waals surface area contributed by atoms with E-state index in [-0.39, 0.29) is 11.6 Å². The fraction of sp³-hybridized carbons (Fsp3) is 0.308. The molecule has 2 aromatic carbocycles. The van der Waals surface area contributed by atoms with Gasteiger partial charge in [0.2, 0.25) is 5.88 Å². The van der Waals surface area contributed by atoms with Crippen molar-refractivity contribution < 1.29 is 13.5 Å². The van der Waals surface area contributed by atoms with Crippen molar-refractivity contribution >= 4 is 5.71 Å². The second-order valence-corrected chi connectivity index (χ2v) is 7.79. The summed E-state index contributed by atoms with van der Waals surface area (Å²) in [7, 11) is 0. The van der Waals surface area contributed by atoms with Gasteiger partial charge in [0.15, 0.2) is 0 Å². The van der Waals surface area contributed by atoms with Crippen molar-refractivity contribution in [2.75, 3.05) is 6.61 Å². The maximum absolute atomic E-state index is 14.1. The number of hydrogen-bond acceptors (Lipinski definition) is 3. The van der Waals surface area contributed by atoms with E-state index in [9.17, 15) is 8.78 Å². The molecular formula is C26H26F2N2O. The van der Waals surface area contributed by atoms with E-state index in [1.54, 1.807) is 0 Å². The van der Waals surface area contributed by atoms with Crippen LogP contribution in [0.4, 0.5) is 8.78 Å². The van der Waals surface area contributed by atoms with Crippen LogP contribution in [0.2, 0.25) is 0 Å². The molecule has 160 valence electrons. The van der Waals surface area contributed by atoms with E-state index in [1.165, 1.54) is 24.6 Å². The molecule has 0 aliphatic carbocycles. The highest BCUT2D eigenvalue weighted by Gasteiger charge is 2.24. The first-order chi connectivity index (χ1) is 15.2. The summed E-state index contributed by atoms with van der Waals surface area (Å²) < 4.78 is 33.8. The van der Waals surface area contributed by atoms with Crippen molar-refractivity contribution in [3.63, 3.8) is 0 Å². The van der Waals surface area contributed by atoms with Crippen molar-refractivity contribution in [1.82, 2.24) is 4.98 Å². The number of halogens is 2. The maximum atomic E-state index is 14.1. The average Bonchev–Trinajstić information content (AvgIpc) is 3.27. The molecule has 0 N–H and O–H groups in total. The van der Waals surface area contributed by atoms with Crippen molar-refractivity contribution in [2.24, 2.45) is 4.99 Å². The summed E-state index contributed by atoms with van der Waals surface area (Å²) in [4.78, 5) is 9.01. The summed E-state index contributed by atoms with van der Waals surface area (Å²) >= 11 is 0. The van der Waals surface area contributed by atoms with Gasteiger partial charge in [-0.05, 0) is 48.6 Å². The first kappa shape index (κ1) is 21.2. The predicted octanol–water partition coefficient (Wildman–Crippen LogP) is 6.92. The molecule has 3 nitrogen and oxygen atoms in total. The molecule has 1 aliphatic heterocycles. The standard InChI is InChI=1S/C26H26F2N2O/c1-2-3-4-16-31-25-15-12-20(17-29-25)18-8-10-19(11-9-18)23-13-14-24(30-23)26-21(27)6-5-7-22(26)28/h5-12,15,17,23H,2-4,13-14,16H2,1H3/t23-/m1/s1. The summed E-state index contributed by atoms with van der Waals surface area (Å²) in [6.45, 7) is 2.86. The Balaban J connectivity index is 1.43. The van der Waals surface area contributed by atoms with E-state index in [0.29, 0.717) is 24.6 Å². The molecule has 0 saturated carbocycles. The van der Waals surface area contributed by atoms with Crippen LogP contribution in [0.3, 0.4) is 0 Å². The first-order valence-electron chi connectivity index (χ1n) is 10.9. The lowest BCUT2D eigenvalue weighted by Gasteiger charge is -2.09. The zero-order chi connectivity index (χ0) is 21.6. The van der Waals surface area contributed by atoms with E-state index < -0.39 is 11.6 Å². The molecule has 0 spiro atoms. The maximum Gasteiger partial charge on any atom is 0.213 e. The van der Waals surface area contributed by atoms with Gasteiger partial charge in [0, 0.05) is 23.5 Å². The van der Waals surface area contributed by atoms with Crippen LogP contribution in [-0.4, -0.2) is 17.3 Å². The van der Waals surface area contributed by atoms with E-state index >= 15 is 0 Å². The number of unbranched alkanes of at least 4 members (excludes halogenated alkanes) is 2. The number of hydrogen-bond donors (Lipinski definition) is 0. The summed E-state index contributed by atoms with van der Waals surface area (Å²) in [6, 6.07) is 15.9. The summed E-state index contributed by atoms with van der Waals surface area (Å²) in [6.07, 6.45) is 6.49. The fourth-order valence-electron chi connectivity index (χ4n) is 3.86. The topological polar surface area (TPSA) is 34.5 Å². The Bertz CT molecular complexity index is 1030. The molecule has 0 radical (unpaired) electrons. The number of ether oxygens (including phenoxy) is 1. The van der Waals surface area contributed by atoms with Gasteiger partial charge in [-0.3, -0.25) is 4.99 Å². The lowest BCUT2D eigenvalue weighted by atomic mass is 10.00. The molecule has 0 fully saturated rings. The van der Waals surface area contributed by atoms with Crippen molar-refractivity contribution in [2.45, 2.75) is 45.1 Å². The lowest BCUT2D eigenvalue weighted by Crippen LogP contribution is -2.03. The minimum absolute atomic E-state index is 0.00435. The minimum Gasteiger partial charge on any atom is -0.478 e. The number of nitrogens with zero attached hydrogens (tertiary/aromatic N) is 2. The third-order valence-corrected chi connectivity index (χ3v) is 5.58. The van der Waals surface area contributed by atoms with Crippen LogP contribution in [0.25, 0.3) is 11.1 Å². The van der Waals surface area contributed by atoms with Crippen LogP contribution >= 0.6 is 0 Å². The van der Waals surface area contributed by atoms with Gasteiger partial charge in [-0.25, -0.2) is 13.8 Å². The van der Waals surface area contributed by atoms with Gasteiger partial charge in [-0.15, -0.1) is 0 Å². The van der Waals surface area contributed by atoms with E-state index in [1.807, 2.05) is 42.6 Å². The summed E-state index contributed by atoms with van der Waals surface area (Å²) in [5.74, 6) is -0.468. The molecule has 31 heavy (non-hydrogen) atoms. The van der Waals surface area contributed by atoms with Gasteiger partial charge in [0.1, 0.15) is 11.6 Å². The van der Waals surface area contributed by atoms with Gasteiger partial charge in [0.05, 0.1) is 18.2 Å². The van der Waals surface area contributed by atoms with Gasteiger partial charge in [-0.1, -0.05) is 50.1 Å². The van der Waals surface area contributed by atoms with E-state index in [4.69, 9.17) is 4.74 Å². The Morgan fingerprint density at radius 2 is 1.68 bits per heavy atom. The highest BCUT2D eigenvalue weighted by atomic mass is 19.1. The average molecular weight is 421 g/mol. The number of aromatic nitrogens is 1. The number of pyridine rings is 1. The molecule has 1 aromatic heterocycles. The van der Waals surface area contributed by atoms with Crippen LogP contribution in [0, 0.1) is 11.6 Å². The van der Waals surface area contributed by atoms with E-state index in [2.05, 4.69) is 16.9 Å². The normalized spacial score (nSPS) is 15.7.